The number of hydrogen-bond donors (Lipinski definition) is 0. The highest BCUT2D eigenvalue weighted by atomic mass is 16.5. The maximum Gasteiger partial charge on any atom is 0.314 e. The van der Waals surface area contributed by atoms with Gasteiger partial charge in [-0.15, -0.1) is 0 Å². The van der Waals surface area contributed by atoms with Crippen molar-refractivity contribution in [3.8, 4) is 23.0 Å². The van der Waals surface area contributed by atoms with Crippen LogP contribution in [0.2, 0.25) is 0 Å². The Hall–Kier alpha value is -3.28. The number of benzene rings is 2. The second-order valence-corrected chi connectivity index (χ2v) is 7.46. The second kappa shape index (κ2) is 8.61. The molecule has 0 atom stereocenters. The molecule has 0 bridgehead atoms. The molecule has 0 unspecified atom stereocenters. The van der Waals surface area contributed by atoms with Crippen LogP contribution in [-0.4, -0.2) is 26.0 Å². The summed E-state index contributed by atoms with van der Waals surface area (Å²) in [6, 6.07) is 10.2. The highest BCUT2D eigenvalue weighted by Gasteiger charge is 2.29. The van der Waals surface area contributed by atoms with Crippen LogP contribution in [-0.2, 0) is 4.79 Å². The van der Waals surface area contributed by atoms with E-state index in [2.05, 4.69) is 0 Å². The quantitative estimate of drug-likeness (QED) is 0.402. The molecule has 2 aliphatic rings. The molecule has 0 N–H and O–H groups in total. The maximum absolute atomic E-state index is 12.8. The Labute approximate surface area is 175 Å². The van der Waals surface area contributed by atoms with E-state index in [1.165, 1.54) is 6.42 Å². The first kappa shape index (κ1) is 20.0. The molecule has 2 aromatic rings. The lowest BCUT2D eigenvalue weighted by atomic mass is 9.89. The average molecular weight is 408 g/mol. The highest BCUT2D eigenvalue weighted by Crippen LogP contribution is 2.37. The largest absolute Gasteiger partial charge is 0.497 e. The van der Waals surface area contributed by atoms with Crippen LogP contribution < -0.4 is 18.9 Å². The van der Waals surface area contributed by atoms with Gasteiger partial charge in [-0.25, -0.2) is 0 Å². The van der Waals surface area contributed by atoms with Crippen molar-refractivity contribution in [2.75, 3.05) is 14.2 Å². The Morgan fingerprint density at radius 3 is 2.50 bits per heavy atom. The number of ketones is 1. The molecule has 6 heteroatoms. The van der Waals surface area contributed by atoms with Crippen molar-refractivity contribution in [1.82, 2.24) is 0 Å². The Morgan fingerprint density at radius 2 is 1.77 bits per heavy atom. The van der Waals surface area contributed by atoms with Gasteiger partial charge >= 0.3 is 5.97 Å². The summed E-state index contributed by atoms with van der Waals surface area (Å²) in [5.74, 6) is 1.67. The maximum atomic E-state index is 12.8. The van der Waals surface area contributed by atoms with Gasteiger partial charge < -0.3 is 18.9 Å². The summed E-state index contributed by atoms with van der Waals surface area (Å²) in [7, 11) is 3.13. The number of Topliss-reactive ketones (excluding diaryl/α,β-unsaturated/α-hetero) is 1. The number of carbonyl (C=O) groups excluding carboxylic acids is 2. The van der Waals surface area contributed by atoms with Gasteiger partial charge in [-0.3, -0.25) is 9.59 Å². The highest BCUT2D eigenvalue weighted by molar-refractivity contribution is 6.14. The molecule has 2 aromatic carbocycles. The van der Waals surface area contributed by atoms with Gasteiger partial charge in [0.2, 0.25) is 5.78 Å². The Kier molecular flexibility index (Phi) is 5.74. The summed E-state index contributed by atoms with van der Waals surface area (Å²) in [4.78, 5) is 25.2. The number of carbonyl (C=O) groups is 2. The van der Waals surface area contributed by atoms with Gasteiger partial charge in [-0.2, -0.15) is 0 Å². The smallest absolute Gasteiger partial charge is 0.314 e. The molecular weight excluding hydrogens is 384 g/mol. The minimum atomic E-state index is -0.236. The van der Waals surface area contributed by atoms with E-state index in [1.807, 2.05) is 0 Å². The summed E-state index contributed by atoms with van der Waals surface area (Å²) in [6.45, 7) is 0. The molecule has 6 nitrogen and oxygen atoms in total. The van der Waals surface area contributed by atoms with Crippen molar-refractivity contribution in [3.63, 3.8) is 0 Å². The number of rotatable bonds is 5. The fourth-order valence-corrected chi connectivity index (χ4v) is 3.86. The van der Waals surface area contributed by atoms with Gasteiger partial charge in [0.25, 0.3) is 0 Å². The zero-order chi connectivity index (χ0) is 21.1. The van der Waals surface area contributed by atoms with Gasteiger partial charge in [-0.1, -0.05) is 19.3 Å². The number of fused-ring (bicyclic) bond motifs is 1. The van der Waals surface area contributed by atoms with Crippen LogP contribution in [0.4, 0.5) is 0 Å². The van der Waals surface area contributed by atoms with E-state index in [9.17, 15) is 9.59 Å². The third kappa shape index (κ3) is 4.03. The number of methoxy groups -OCH3 is 2. The molecule has 156 valence electrons. The Bertz CT molecular complexity index is 1000. The van der Waals surface area contributed by atoms with Crippen LogP contribution in [0.1, 0.15) is 48.0 Å². The molecule has 1 heterocycles. The topological polar surface area (TPSA) is 71.1 Å². The fourth-order valence-electron chi connectivity index (χ4n) is 3.86. The van der Waals surface area contributed by atoms with Gasteiger partial charge in [0.15, 0.2) is 5.76 Å². The monoisotopic (exact) mass is 408 g/mol. The van der Waals surface area contributed by atoms with Crippen LogP contribution in [0.15, 0.2) is 42.2 Å². The molecule has 0 saturated heterocycles. The third-order valence-electron chi connectivity index (χ3n) is 5.52. The molecule has 0 spiro atoms. The van der Waals surface area contributed by atoms with Crippen LogP contribution in [0.5, 0.6) is 23.0 Å². The first-order chi connectivity index (χ1) is 14.6. The summed E-state index contributed by atoms with van der Waals surface area (Å²) in [5.41, 5.74) is 1.09. The minimum Gasteiger partial charge on any atom is -0.497 e. The van der Waals surface area contributed by atoms with E-state index in [4.69, 9.17) is 18.9 Å². The first-order valence-corrected chi connectivity index (χ1v) is 10.1. The zero-order valence-corrected chi connectivity index (χ0v) is 17.1. The van der Waals surface area contributed by atoms with Gasteiger partial charge in [0.05, 0.1) is 25.7 Å². The third-order valence-corrected chi connectivity index (χ3v) is 5.52. The molecule has 0 aromatic heterocycles. The van der Waals surface area contributed by atoms with E-state index in [1.54, 1.807) is 56.7 Å². The molecule has 4 rings (SSSR count). The number of hydrogen-bond acceptors (Lipinski definition) is 6. The van der Waals surface area contributed by atoms with Crippen molar-refractivity contribution >= 4 is 17.8 Å². The molecule has 30 heavy (non-hydrogen) atoms. The van der Waals surface area contributed by atoms with E-state index < -0.39 is 0 Å². The van der Waals surface area contributed by atoms with Crippen LogP contribution >= 0.6 is 0 Å². The number of allylic oxidation sites excluding steroid dienone is 1. The van der Waals surface area contributed by atoms with Crippen LogP contribution in [0.3, 0.4) is 0 Å². The van der Waals surface area contributed by atoms with E-state index in [-0.39, 0.29) is 23.4 Å². The summed E-state index contributed by atoms with van der Waals surface area (Å²) < 4.78 is 22.0. The Balaban J connectivity index is 1.54. The molecule has 1 aliphatic carbocycles. The minimum absolute atomic E-state index is 0.0504. The van der Waals surface area contributed by atoms with Crippen molar-refractivity contribution in [3.05, 3.63) is 53.3 Å². The van der Waals surface area contributed by atoms with E-state index in [0.29, 0.717) is 34.1 Å². The number of ether oxygens (including phenoxy) is 4. The van der Waals surface area contributed by atoms with E-state index >= 15 is 0 Å². The van der Waals surface area contributed by atoms with Gasteiger partial charge in [0.1, 0.15) is 23.0 Å². The summed E-state index contributed by atoms with van der Waals surface area (Å²) in [5, 5.41) is 0. The lowest BCUT2D eigenvalue weighted by Gasteiger charge is -2.19. The average Bonchev–Trinajstić information content (AvgIpc) is 3.08. The molecule has 0 radical (unpaired) electrons. The summed E-state index contributed by atoms with van der Waals surface area (Å²) in [6.07, 6.45) is 6.65. The van der Waals surface area contributed by atoms with Crippen molar-refractivity contribution in [2.24, 2.45) is 5.92 Å². The molecule has 1 saturated carbocycles. The van der Waals surface area contributed by atoms with Crippen molar-refractivity contribution in [2.45, 2.75) is 32.1 Å². The molecule has 0 amide bonds. The van der Waals surface area contributed by atoms with Gasteiger partial charge in [-0.05, 0) is 49.2 Å². The number of esters is 1. The fraction of sp³-hybridized carbons (Fsp3) is 0.333. The van der Waals surface area contributed by atoms with Crippen molar-refractivity contribution < 1.29 is 28.5 Å². The lowest BCUT2D eigenvalue weighted by Crippen LogP contribution is -2.22. The molecule has 1 fully saturated rings. The predicted octanol–water partition coefficient (Wildman–Crippen LogP) is 4.81. The van der Waals surface area contributed by atoms with E-state index in [0.717, 1.165) is 25.7 Å². The molecular formula is C24H24O6. The summed E-state index contributed by atoms with van der Waals surface area (Å²) >= 11 is 0. The predicted molar refractivity (Wildman–Crippen MR) is 111 cm³/mol. The Morgan fingerprint density at radius 1 is 1.00 bits per heavy atom. The van der Waals surface area contributed by atoms with Gasteiger partial charge in [0, 0.05) is 11.6 Å². The standard InChI is InChI=1S/C24H24O6/c1-27-17-9-11-20(28-2)16(12-17)13-22-23(25)19-10-8-18(14-21(19)30-22)29-24(26)15-6-4-3-5-7-15/h8-15H,3-7H2,1-2H3/b22-13-. The van der Waals surface area contributed by atoms with Crippen LogP contribution in [0.25, 0.3) is 6.08 Å². The lowest BCUT2D eigenvalue weighted by molar-refractivity contribution is -0.139. The zero-order valence-electron chi connectivity index (χ0n) is 17.1. The molecule has 1 aliphatic heterocycles. The first-order valence-electron chi connectivity index (χ1n) is 10.1. The van der Waals surface area contributed by atoms with Crippen molar-refractivity contribution in [1.29, 1.82) is 0 Å². The SMILES string of the molecule is COc1ccc(OC)c(/C=C2\Oc3cc(OC(=O)C4CCCCC4)ccc3C2=O)c1. The van der Waals surface area contributed by atoms with Crippen LogP contribution in [0, 0.1) is 5.92 Å². The normalized spacial score (nSPS) is 17.4. The second-order valence-electron chi connectivity index (χ2n) is 7.46.